The van der Waals surface area contributed by atoms with Crippen LogP contribution in [-0.4, -0.2) is 34.5 Å². The summed E-state index contributed by atoms with van der Waals surface area (Å²) in [5.41, 5.74) is 10.6. The summed E-state index contributed by atoms with van der Waals surface area (Å²) < 4.78 is 0. The molecule has 3 aromatic carbocycles. The highest BCUT2D eigenvalue weighted by Gasteiger charge is 2.17. The van der Waals surface area contributed by atoms with Crippen LogP contribution in [0, 0.1) is 13.8 Å². The van der Waals surface area contributed by atoms with Gasteiger partial charge in [0.25, 0.3) is 0 Å². The summed E-state index contributed by atoms with van der Waals surface area (Å²) in [6.45, 7) is 4.25. The molecule has 54 heavy (non-hydrogen) atoms. The summed E-state index contributed by atoms with van der Waals surface area (Å²) in [6.07, 6.45) is 0.487. The Morgan fingerprint density at radius 2 is 0.944 bits per heavy atom. The van der Waals surface area contributed by atoms with Gasteiger partial charge in [0, 0.05) is 29.3 Å². The first kappa shape index (κ1) is 39.4. The molecule has 7 aromatic rings. The van der Waals surface area contributed by atoms with Crippen LogP contribution in [0.5, 0.6) is 0 Å². The van der Waals surface area contributed by atoms with Gasteiger partial charge >= 0.3 is 24.2 Å². The average molecular weight is 791 g/mol. The maximum absolute atomic E-state index is 11.9. The molecule has 8 nitrogen and oxygen atoms in total. The van der Waals surface area contributed by atoms with E-state index in [0.717, 1.165) is 58.5 Å². The van der Waals surface area contributed by atoms with E-state index in [1.54, 1.807) is 45.3 Å². The van der Waals surface area contributed by atoms with Gasteiger partial charge < -0.3 is 10.2 Å². The van der Waals surface area contributed by atoms with Gasteiger partial charge in [0.1, 0.15) is 0 Å². The Bertz CT molecular complexity index is 2460. The fourth-order valence-corrected chi connectivity index (χ4v) is 10.2. The number of carboxylic acid groups (broad SMARTS) is 2. The summed E-state index contributed by atoms with van der Waals surface area (Å²) in [6, 6.07) is 33.6. The molecule has 12 heteroatoms. The van der Waals surface area contributed by atoms with Gasteiger partial charge in [0.2, 0.25) is 0 Å². The minimum absolute atomic E-state index is 0.0174. The predicted molar refractivity (Wildman–Crippen MR) is 213 cm³/mol. The topological polar surface area (TPSA) is 143 Å². The van der Waals surface area contributed by atoms with E-state index in [1.807, 2.05) is 17.5 Å². The second-order valence-electron chi connectivity index (χ2n) is 11.8. The number of carbonyl (C=O) groups is 2. The Morgan fingerprint density at radius 1 is 0.500 bits per heavy atom. The first-order valence-electron chi connectivity index (χ1n) is 16.1. The van der Waals surface area contributed by atoms with E-state index in [2.05, 4.69) is 104 Å². The lowest BCUT2D eigenvalue weighted by Gasteiger charge is -2.05. The first-order valence-corrected chi connectivity index (χ1v) is 19.5. The smallest absolute Gasteiger partial charge is 0.373 e. The van der Waals surface area contributed by atoms with Crippen molar-refractivity contribution in [2.75, 3.05) is 0 Å². The lowest BCUT2D eigenvalue weighted by atomic mass is 10.0. The number of hydrogen-bond acceptors (Lipinski definition) is 10. The Labute approximate surface area is 326 Å². The van der Waals surface area contributed by atoms with E-state index < -0.39 is 11.9 Å². The zero-order chi connectivity index (χ0) is 38.8. The number of carboxylic acids is 2. The average Bonchev–Trinajstić information content (AvgIpc) is 3.96. The molecule has 0 saturated heterocycles. The van der Waals surface area contributed by atoms with Gasteiger partial charge in [-0.1, -0.05) is 66.7 Å². The van der Waals surface area contributed by atoms with Crippen molar-refractivity contribution in [1.29, 1.82) is 0 Å². The summed E-state index contributed by atoms with van der Waals surface area (Å²) in [5, 5.41) is 23.1. The zero-order valence-electron chi connectivity index (χ0n) is 28.8. The van der Waals surface area contributed by atoms with Crippen molar-refractivity contribution < 1.29 is 39.0 Å². The van der Waals surface area contributed by atoms with Crippen LogP contribution >= 0.6 is 45.3 Å². The first-order chi connectivity index (χ1) is 26.1. The molecule has 0 aliphatic carbocycles. The molecular formula is C42H30O8S4. The highest BCUT2D eigenvalue weighted by molar-refractivity contribution is 7.19. The van der Waals surface area contributed by atoms with E-state index >= 15 is 0 Å². The molecule has 0 fully saturated rings. The Hall–Kier alpha value is -5.84. The van der Waals surface area contributed by atoms with Gasteiger partial charge in [0.15, 0.2) is 0 Å². The zero-order valence-corrected chi connectivity index (χ0v) is 32.0. The molecular weight excluding hydrogens is 761 g/mol. The van der Waals surface area contributed by atoms with Crippen molar-refractivity contribution in [2.45, 2.75) is 26.7 Å². The van der Waals surface area contributed by atoms with Crippen LogP contribution in [0.15, 0.2) is 108 Å². The van der Waals surface area contributed by atoms with Gasteiger partial charge in [-0.3, -0.25) is 9.59 Å². The molecule has 0 aliphatic rings. The molecule has 7 rings (SSSR count). The van der Waals surface area contributed by atoms with Gasteiger partial charge in [-0.05, 0) is 111 Å². The van der Waals surface area contributed by atoms with Crippen LogP contribution in [0.3, 0.4) is 0 Å². The van der Waals surface area contributed by atoms with Crippen LogP contribution in [-0.2, 0) is 41.6 Å². The molecule has 0 spiro atoms. The van der Waals surface area contributed by atoms with E-state index in [1.165, 1.54) is 26.4 Å². The minimum Gasteiger partial charge on any atom is -0.481 e. The highest BCUT2D eigenvalue weighted by atomic mass is 32.1. The van der Waals surface area contributed by atoms with Gasteiger partial charge in [-0.15, -0.1) is 45.3 Å². The second-order valence-corrected chi connectivity index (χ2v) is 15.8. The maximum Gasteiger partial charge on any atom is 0.373 e. The molecule has 2 N–H and O–H groups in total. The SMILES string of the molecule is Cc1ccsc1-c1ccc(-c2sc(-c3cccc(-c4cc(C)c(-c5ccc(-c6sccc6CC(=O)O)cc5)s4)c3)cc2CC(=O)O)cc1.O=C=O.O=C=O. The van der Waals surface area contributed by atoms with Crippen molar-refractivity contribution in [3.8, 4) is 62.6 Å². The molecule has 0 atom stereocenters. The number of hydrogen-bond donors (Lipinski definition) is 2. The number of aryl methyl sites for hydroxylation is 2. The summed E-state index contributed by atoms with van der Waals surface area (Å²) in [4.78, 5) is 62.3. The van der Waals surface area contributed by atoms with E-state index in [4.69, 9.17) is 19.2 Å². The Morgan fingerprint density at radius 3 is 1.48 bits per heavy atom. The second kappa shape index (κ2) is 18.3. The number of aliphatic carboxylic acids is 2. The molecule has 270 valence electrons. The molecule has 0 unspecified atom stereocenters. The largest absolute Gasteiger partial charge is 0.481 e. The standard InChI is InChI=1S/C40H30O4S4.2CO2/c1-23-14-16-45-37(23)25-6-12-28(13-7-25)40-32(22-36(43)44)20-34(48-40)30-5-3-4-29(19-30)33-18-24(2)38(47-33)26-8-10-27(11-9-26)39-31(15-17-46-39)21-35(41)42;2*2-1-3/h3-20H,21-22H2,1-2H3,(H,41,42)(H,43,44);;. The van der Waals surface area contributed by atoms with E-state index in [-0.39, 0.29) is 25.1 Å². The van der Waals surface area contributed by atoms with E-state index in [9.17, 15) is 19.8 Å². The van der Waals surface area contributed by atoms with Gasteiger partial charge in [-0.2, -0.15) is 19.2 Å². The Kier molecular flexibility index (Phi) is 13.3. The van der Waals surface area contributed by atoms with Crippen molar-refractivity contribution in [3.63, 3.8) is 0 Å². The van der Waals surface area contributed by atoms with Crippen molar-refractivity contribution in [2.24, 2.45) is 0 Å². The Balaban J connectivity index is 0.000000878. The van der Waals surface area contributed by atoms with Gasteiger partial charge in [0.05, 0.1) is 12.8 Å². The predicted octanol–water partition coefficient (Wildman–Crippen LogP) is 10.6. The third-order valence-corrected chi connectivity index (χ3v) is 13.0. The number of carbonyl (C=O) groups excluding carboxylic acids is 4. The lowest BCUT2D eigenvalue weighted by Crippen LogP contribution is -1.99. The van der Waals surface area contributed by atoms with E-state index in [0.29, 0.717) is 0 Å². The minimum atomic E-state index is -0.842. The highest BCUT2D eigenvalue weighted by Crippen LogP contribution is 2.43. The van der Waals surface area contributed by atoms with Crippen LogP contribution in [0.2, 0.25) is 0 Å². The molecule has 0 aliphatic heterocycles. The molecule has 4 heterocycles. The van der Waals surface area contributed by atoms with Crippen molar-refractivity contribution in [3.05, 3.63) is 130 Å². The summed E-state index contributed by atoms with van der Waals surface area (Å²) >= 11 is 6.68. The number of rotatable bonds is 10. The fourth-order valence-electron chi connectivity index (χ4n) is 5.95. The molecule has 0 amide bonds. The monoisotopic (exact) mass is 790 g/mol. The number of thiophene rings is 4. The fraction of sp³-hybridized carbons (Fsp3) is 0.0952. The normalized spacial score (nSPS) is 10.3. The molecule has 0 saturated carbocycles. The van der Waals surface area contributed by atoms with Crippen LogP contribution in [0.4, 0.5) is 0 Å². The summed E-state index contributed by atoms with van der Waals surface area (Å²) in [5.74, 6) is -1.67. The number of benzene rings is 3. The lowest BCUT2D eigenvalue weighted by molar-refractivity contribution is -0.193. The summed E-state index contributed by atoms with van der Waals surface area (Å²) in [7, 11) is 0. The third kappa shape index (κ3) is 9.38. The van der Waals surface area contributed by atoms with Crippen molar-refractivity contribution in [1.82, 2.24) is 0 Å². The molecule has 0 radical (unpaired) electrons. The van der Waals surface area contributed by atoms with Crippen molar-refractivity contribution >= 4 is 69.6 Å². The van der Waals surface area contributed by atoms with Crippen LogP contribution < -0.4 is 0 Å². The molecule has 0 bridgehead atoms. The van der Waals surface area contributed by atoms with Gasteiger partial charge in [-0.25, -0.2) is 0 Å². The maximum atomic E-state index is 11.9. The van der Waals surface area contributed by atoms with Crippen LogP contribution in [0.25, 0.3) is 62.6 Å². The third-order valence-electron chi connectivity index (χ3n) is 8.27. The van der Waals surface area contributed by atoms with Crippen LogP contribution in [0.1, 0.15) is 22.3 Å². The quantitative estimate of drug-likeness (QED) is 0.139. The molecule has 4 aromatic heterocycles.